The number of nitrogens with zero attached hydrogens (tertiary/aromatic N) is 1. The van der Waals surface area contributed by atoms with Crippen molar-refractivity contribution in [1.29, 1.82) is 0 Å². The van der Waals surface area contributed by atoms with Crippen molar-refractivity contribution in [2.45, 2.75) is 58.2 Å². The van der Waals surface area contributed by atoms with Crippen molar-refractivity contribution < 1.29 is 0 Å². The van der Waals surface area contributed by atoms with Crippen molar-refractivity contribution >= 4 is 0 Å². The molecule has 2 nitrogen and oxygen atoms in total. The highest BCUT2D eigenvalue weighted by Crippen LogP contribution is 2.29. The summed E-state index contributed by atoms with van der Waals surface area (Å²) in [5.41, 5.74) is 4.32. The fraction of sp³-hybridized carbons (Fsp3) is 0.647. The number of nitrogens with one attached hydrogen (secondary N) is 1. The summed E-state index contributed by atoms with van der Waals surface area (Å²) in [4.78, 5) is 2.68. The molecule has 3 unspecified atom stereocenters. The molecule has 0 aromatic heterocycles. The maximum atomic E-state index is 3.77. The van der Waals surface area contributed by atoms with E-state index in [1.54, 1.807) is 0 Å². The summed E-state index contributed by atoms with van der Waals surface area (Å²) in [5, 5.41) is 3.77. The van der Waals surface area contributed by atoms with E-state index in [4.69, 9.17) is 0 Å². The van der Waals surface area contributed by atoms with E-state index < -0.39 is 0 Å². The lowest BCUT2D eigenvalue weighted by molar-refractivity contribution is 0.199. The van der Waals surface area contributed by atoms with Gasteiger partial charge in [-0.05, 0) is 51.2 Å². The molecule has 2 heteroatoms. The molecular weight excluding hydrogens is 232 g/mol. The molecule has 2 bridgehead atoms. The molecule has 0 spiro atoms. The highest BCUT2D eigenvalue weighted by atomic mass is 15.2. The molecule has 2 fully saturated rings. The van der Waals surface area contributed by atoms with Crippen LogP contribution < -0.4 is 5.32 Å². The highest BCUT2D eigenvalue weighted by Gasteiger charge is 2.31. The van der Waals surface area contributed by atoms with Crippen LogP contribution in [0.2, 0.25) is 0 Å². The quantitative estimate of drug-likeness (QED) is 0.876. The first kappa shape index (κ1) is 13.1. The van der Waals surface area contributed by atoms with Crippen molar-refractivity contribution in [3.8, 4) is 0 Å². The molecule has 2 aliphatic heterocycles. The summed E-state index contributed by atoms with van der Waals surface area (Å²) >= 11 is 0. The number of rotatable bonds is 2. The minimum atomic E-state index is 0.543. The molecule has 2 aliphatic rings. The van der Waals surface area contributed by atoms with Crippen LogP contribution in [0, 0.1) is 13.8 Å². The number of hydrogen-bond donors (Lipinski definition) is 1. The molecule has 2 saturated heterocycles. The highest BCUT2D eigenvalue weighted by molar-refractivity contribution is 5.32. The summed E-state index contributed by atoms with van der Waals surface area (Å²) in [7, 11) is 0. The van der Waals surface area contributed by atoms with Gasteiger partial charge in [-0.1, -0.05) is 23.8 Å². The smallest absolute Gasteiger partial charge is 0.0323 e. The third-order valence-corrected chi connectivity index (χ3v) is 4.99. The van der Waals surface area contributed by atoms with Gasteiger partial charge in [-0.3, -0.25) is 4.90 Å². The van der Waals surface area contributed by atoms with Gasteiger partial charge in [0.25, 0.3) is 0 Å². The summed E-state index contributed by atoms with van der Waals surface area (Å²) in [5.74, 6) is 0. The zero-order chi connectivity index (χ0) is 13.4. The third-order valence-electron chi connectivity index (χ3n) is 4.99. The summed E-state index contributed by atoms with van der Waals surface area (Å²) in [6, 6.07) is 8.90. The average Bonchev–Trinajstić information content (AvgIpc) is 2.71. The zero-order valence-corrected chi connectivity index (χ0v) is 12.4. The molecule has 2 heterocycles. The minimum Gasteiger partial charge on any atom is -0.310 e. The average molecular weight is 258 g/mol. The monoisotopic (exact) mass is 258 g/mol. The lowest BCUT2D eigenvalue weighted by Gasteiger charge is -2.31. The number of hydrogen-bond acceptors (Lipinski definition) is 2. The van der Waals surface area contributed by atoms with E-state index in [1.807, 2.05) is 0 Å². The Morgan fingerprint density at radius 3 is 2.79 bits per heavy atom. The Kier molecular flexibility index (Phi) is 3.64. The van der Waals surface area contributed by atoms with Crippen molar-refractivity contribution in [1.82, 2.24) is 10.2 Å². The Bertz CT molecular complexity index is 455. The van der Waals surface area contributed by atoms with Gasteiger partial charge in [0.1, 0.15) is 0 Å². The van der Waals surface area contributed by atoms with Crippen LogP contribution in [0.4, 0.5) is 0 Å². The van der Waals surface area contributed by atoms with E-state index in [9.17, 15) is 0 Å². The molecule has 1 N–H and O–H groups in total. The minimum absolute atomic E-state index is 0.543. The molecular formula is C17H26N2. The van der Waals surface area contributed by atoms with E-state index in [-0.39, 0.29) is 0 Å². The summed E-state index contributed by atoms with van der Waals surface area (Å²) in [6.07, 6.45) is 4.06. The Labute approximate surface area is 117 Å². The Morgan fingerprint density at radius 2 is 1.95 bits per heavy atom. The van der Waals surface area contributed by atoms with Gasteiger partial charge >= 0.3 is 0 Å². The van der Waals surface area contributed by atoms with Crippen LogP contribution in [-0.4, -0.2) is 30.1 Å². The first-order valence-electron chi connectivity index (χ1n) is 7.71. The van der Waals surface area contributed by atoms with Crippen LogP contribution in [0.3, 0.4) is 0 Å². The van der Waals surface area contributed by atoms with Gasteiger partial charge in [-0.15, -0.1) is 0 Å². The second-order valence-corrected chi connectivity index (χ2v) is 6.46. The summed E-state index contributed by atoms with van der Waals surface area (Å²) in [6.45, 7) is 9.27. The molecule has 0 radical (unpaired) electrons. The molecule has 0 aliphatic carbocycles. The van der Waals surface area contributed by atoms with Crippen LogP contribution in [0.1, 0.15) is 48.9 Å². The van der Waals surface area contributed by atoms with E-state index in [0.717, 1.165) is 12.1 Å². The fourth-order valence-electron chi connectivity index (χ4n) is 3.73. The predicted molar refractivity (Wildman–Crippen MR) is 80.5 cm³/mol. The van der Waals surface area contributed by atoms with Gasteiger partial charge in [-0.2, -0.15) is 0 Å². The lowest BCUT2D eigenvalue weighted by Crippen LogP contribution is -2.36. The Morgan fingerprint density at radius 1 is 1.16 bits per heavy atom. The molecule has 3 atom stereocenters. The van der Waals surface area contributed by atoms with Crippen LogP contribution >= 0.6 is 0 Å². The first-order chi connectivity index (χ1) is 9.13. The van der Waals surface area contributed by atoms with Crippen molar-refractivity contribution in [3.63, 3.8) is 0 Å². The second-order valence-electron chi connectivity index (χ2n) is 6.46. The molecule has 1 aromatic rings. The summed E-state index contributed by atoms with van der Waals surface area (Å²) < 4.78 is 0. The maximum Gasteiger partial charge on any atom is 0.0323 e. The topological polar surface area (TPSA) is 15.3 Å². The fourth-order valence-corrected chi connectivity index (χ4v) is 3.73. The second kappa shape index (κ2) is 5.26. The number of aryl methyl sites for hydroxylation is 2. The van der Waals surface area contributed by atoms with Crippen LogP contribution in [0.5, 0.6) is 0 Å². The van der Waals surface area contributed by atoms with Crippen molar-refractivity contribution in [2.75, 3.05) is 13.1 Å². The number of benzene rings is 1. The van der Waals surface area contributed by atoms with Gasteiger partial charge in [0.2, 0.25) is 0 Å². The van der Waals surface area contributed by atoms with Crippen LogP contribution in [0.25, 0.3) is 0 Å². The molecule has 19 heavy (non-hydrogen) atoms. The first-order valence-corrected chi connectivity index (χ1v) is 7.71. The van der Waals surface area contributed by atoms with Gasteiger partial charge in [0.15, 0.2) is 0 Å². The molecule has 0 amide bonds. The van der Waals surface area contributed by atoms with Crippen LogP contribution in [0.15, 0.2) is 18.2 Å². The Balaban J connectivity index is 1.79. The molecule has 0 saturated carbocycles. The number of fused-ring (bicyclic) bond motifs is 2. The van der Waals surface area contributed by atoms with Gasteiger partial charge in [-0.25, -0.2) is 0 Å². The normalized spacial score (nSPS) is 29.2. The zero-order valence-electron chi connectivity index (χ0n) is 12.4. The van der Waals surface area contributed by atoms with Gasteiger partial charge in [0, 0.05) is 31.2 Å². The molecule has 3 rings (SSSR count). The van der Waals surface area contributed by atoms with E-state index in [2.05, 4.69) is 49.2 Å². The maximum absolute atomic E-state index is 3.77. The molecule has 1 aromatic carbocycles. The standard InChI is InChI=1S/C17H26N2/c1-12-4-5-13(2)17(10-12)14(3)19-9-8-15-6-7-16(11-19)18-15/h4-5,10,14-16,18H,6-9,11H2,1-3H3. The largest absolute Gasteiger partial charge is 0.310 e. The third kappa shape index (κ3) is 2.70. The van der Waals surface area contributed by atoms with E-state index in [1.165, 1.54) is 49.0 Å². The number of likely N-dealkylation sites (tertiary alicyclic amines) is 1. The van der Waals surface area contributed by atoms with Gasteiger partial charge in [0.05, 0.1) is 0 Å². The SMILES string of the molecule is Cc1ccc(C)c(C(C)N2CCC3CCC(C2)N3)c1. The molecule has 104 valence electrons. The van der Waals surface area contributed by atoms with Crippen molar-refractivity contribution in [3.05, 3.63) is 34.9 Å². The predicted octanol–water partition coefficient (Wildman–Crippen LogP) is 3.19. The van der Waals surface area contributed by atoms with Crippen molar-refractivity contribution in [2.24, 2.45) is 0 Å². The van der Waals surface area contributed by atoms with E-state index in [0.29, 0.717) is 6.04 Å². The van der Waals surface area contributed by atoms with E-state index >= 15 is 0 Å². The Hall–Kier alpha value is -0.860. The lowest BCUT2D eigenvalue weighted by atomic mass is 9.97. The van der Waals surface area contributed by atoms with Gasteiger partial charge < -0.3 is 5.32 Å². The van der Waals surface area contributed by atoms with Crippen LogP contribution in [-0.2, 0) is 0 Å².